The van der Waals surface area contributed by atoms with Gasteiger partial charge in [0.05, 0.1) is 5.69 Å². The average molecular weight is 356 g/mol. The Labute approximate surface area is 151 Å². The normalized spacial score (nSPS) is 10.4. The van der Waals surface area contributed by atoms with E-state index in [-0.39, 0.29) is 6.03 Å². The van der Waals surface area contributed by atoms with Gasteiger partial charge in [0.25, 0.3) is 0 Å². The fourth-order valence-corrected chi connectivity index (χ4v) is 2.58. The summed E-state index contributed by atoms with van der Waals surface area (Å²) in [5.41, 5.74) is 2.73. The van der Waals surface area contributed by atoms with Crippen LogP contribution in [0, 0.1) is 0 Å². The Morgan fingerprint density at radius 2 is 1.88 bits per heavy atom. The first-order chi connectivity index (χ1) is 12.2. The third kappa shape index (κ3) is 5.09. The zero-order valence-electron chi connectivity index (χ0n) is 13.5. The van der Waals surface area contributed by atoms with Crippen molar-refractivity contribution in [3.05, 3.63) is 76.9 Å². The summed E-state index contributed by atoms with van der Waals surface area (Å²) in [5.74, 6) is 0.723. The molecule has 25 heavy (non-hydrogen) atoms. The number of carbonyl (C=O) groups excluding carboxylic acids is 1. The highest BCUT2D eigenvalue weighted by molar-refractivity contribution is 6.30. The van der Waals surface area contributed by atoms with Crippen LogP contribution in [0.15, 0.2) is 65.2 Å². The van der Waals surface area contributed by atoms with E-state index in [0.717, 1.165) is 22.6 Å². The summed E-state index contributed by atoms with van der Waals surface area (Å²) in [5, 5.41) is 10.3. The highest BCUT2D eigenvalue weighted by atomic mass is 35.5. The molecule has 0 spiro atoms. The van der Waals surface area contributed by atoms with Gasteiger partial charge in [-0.3, -0.25) is 0 Å². The van der Waals surface area contributed by atoms with Crippen molar-refractivity contribution in [1.29, 1.82) is 0 Å². The van der Waals surface area contributed by atoms with Crippen molar-refractivity contribution in [3.63, 3.8) is 0 Å². The second kappa shape index (κ2) is 8.35. The van der Waals surface area contributed by atoms with Crippen molar-refractivity contribution < 1.29 is 9.32 Å². The monoisotopic (exact) mass is 355 g/mol. The molecule has 3 rings (SSSR count). The number of nitrogens with zero attached hydrogens (tertiary/aromatic N) is 1. The Hall–Kier alpha value is -2.79. The smallest absolute Gasteiger partial charge is 0.315 e. The molecule has 1 aromatic heterocycles. The lowest BCUT2D eigenvalue weighted by molar-refractivity contribution is 0.240. The van der Waals surface area contributed by atoms with E-state index in [1.54, 1.807) is 6.07 Å². The van der Waals surface area contributed by atoms with Crippen LogP contribution in [0.3, 0.4) is 0 Å². The van der Waals surface area contributed by atoms with Gasteiger partial charge in [-0.25, -0.2) is 4.79 Å². The largest absolute Gasteiger partial charge is 0.356 e. The van der Waals surface area contributed by atoms with Crippen LogP contribution >= 0.6 is 11.6 Å². The minimum Gasteiger partial charge on any atom is -0.356 e. The molecule has 0 aliphatic heterocycles. The van der Waals surface area contributed by atoms with Gasteiger partial charge in [-0.15, -0.1) is 0 Å². The molecule has 0 radical (unpaired) electrons. The number of aromatic nitrogens is 1. The van der Waals surface area contributed by atoms with Crippen LogP contribution in [0.4, 0.5) is 4.79 Å². The quantitative estimate of drug-likeness (QED) is 0.701. The Morgan fingerprint density at radius 1 is 1.04 bits per heavy atom. The van der Waals surface area contributed by atoms with Gasteiger partial charge in [0, 0.05) is 36.2 Å². The summed E-state index contributed by atoms with van der Waals surface area (Å²) < 4.78 is 5.33. The van der Waals surface area contributed by atoms with Crippen molar-refractivity contribution >= 4 is 17.6 Å². The molecule has 0 fully saturated rings. The molecule has 0 atom stereocenters. The molecule has 0 bridgehead atoms. The zero-order chi connectivity index (χ0) is 17.5. The van der Waals surface area contributed by atoms with Crippen molar-refractivity contribution in [2.24, 2.45) is 0 Å². The van der Waals surface area contributed by atoms with Crippen molar-refractivity contribution in [1.82, 2.24) is 15.8 Å². The first-order valence-corrected chi connectivity index (χ1v) is 8.35. The van der Waals surface area contributed by atoms with Crippen molar-refractivity contribution in [2.75, 3.05) is 6.54 Å². The zero-order valence-corrected chi connectivity index (χ0v) is 14.3. The highest BCUT2D eigenvalue weighted by Gasteiger charge is 2.07. The fraction of sp³-hybridized carbons (Fsp3) is 0.158. The summed E-state index contributed by atoms with van der Waals surface area (Å²) in [6.07, 6.45) is 0.598. The SMILES string of the molecule is O=C(NCCc1cc(-c2ccccc2)on1)NCc1cccc(Cl)c1. The van der Waals surface area contributed by atoms with Gasteiger partial charge in [0.1, 0.15) is 0 Å². The standard InChI is InChI=1S/C19H18ClN3O2/c20-16-8-4-5-14(11-16)13-22-19(24)21-10-9-17-12-18(25-23-17)15-6-2-1-3-7-15/h1-8,11-12H,9-10,13H2,(H2,21,22,24). The summed E-state index contributed by atoms with van der Waals surface area (Å²) in [7, 11) is 0. The first-order valence-electron chi connectivity index (χ1n) is 7.98. The summed E-state index contributed by atoms with van der Waals surface area (Å²) in [4.78, 5) is 11.8. The Kier molecular flexibility index (Phi) is 5.69. The van der Waals surface area contributed by atoms with E-state index in [2.05, 4.69) is 15.8 Å². The second-order valence-electron chi connectivity index (χ2n) is 5.54. The Balaban J connectivity index is 1.42. The molecule has 2 amide bonds. The minimum atomic E-state index is -0.230. The fourth-order valence-electron chi connectivity index (χ4n) is 2.36. The molecule has 0 unspecified atom stereocenters. The van der Waals surface area contributed by atoms with Crippen LogP contribution in [-0.4, -0.2) is 17.7 Å². The molecule has 2 aromatic carbocycles. The summed E-state index contributed by atoms with van der Waals surface area (Å²) in [6.45, 7) is 0.899. The van der Waals surface area contributed by atoms with E-state index in [1.165, 1.54) is 0 Å². The van der Waals surface area contributed by atoms with Crippen LogP contribution in [-0.2, 0) is 13.0 Å². The van der Waals surface area contributed by atoms with Crippen LogP contribution in [0.5, 0.6) is 0 Å². The number of rotatable bonds is 6. The Morgan fingerprint density at radius 3 is 2.68 bits per heavy atom. The molecule has 128 valence electrons. The lowest BCUT2D eigenvalue weighted by Gasteiger charge is -2.07. The van der Waals surface area contributed by atoms with Gasteiger partial charge >= 0.3 is 6.03 Å². The number of amides is 2. The molecule has 0 aliphatic rings. The maximum absolute atomic E-state index is 11.8. The van der Waals surface area contributed by atoms with Crippen LogP contribution in [0.1, 0.15) is 11.3 Å². The van der Waals surface area contributed by atoms with Gasteiger partial charge < -0.3 is 15.2 Å². The molecule has 5 nitrogen and oxygen atoms in total. The van der Waals surface area contributed by atoms with Crippen LogP contribution in [0.25, 0.3) is 11.3 Å². The molecule has 0 aliphatic carbocycles. The van der Waals surface area contributed by atoms with E-state index in [4.69, 9.17) is 16.1 Å². The average Bonchev–Trinajstić information content (AvgIpc) is 3.10. The lowest BCUT2D eigenvalue weighted by atomic mass is 10.1. The summed E-state index contributed by atoms with van der Waals surface area (Å²) >= 11 is 5.91. The number of hydrogen-bond acceptors (Lipinski definition) is 3. The number of nitrogens with one attached hydrogen (secondary N) is 2. The van der Waals surface area contributed by atoms with E-state index >= 15 is 0 Å². The highest BCUT2D eigenvalue weighted by Crippen LogP contribution is 2.19. The minimum absolute atomic E-state index is 0.230. The van der Waals surface area contributed by atoms with Gasteiger partial charge in [0.15, 0.2) is 5.76 Å². The predicted octanol–water partition coefficient (Wildman–Crippen LogP) is 4.04. The maximum atomic E-state index is 11.8. The molecule has 3 aromatic rings. The molecule has 2 N–H and O–H groups in total. The number of urea groups is 1. The van der Waals surface area contributed by atoms with Crippen LogP contribution < -0.4 is 10.6 Å². The maximum Gasteiger partial charge on any atom is 0.315 e. The molecule has 6 heteroatoms. The molecule has 0 saturated heterocycles. The molecule has 0 saturated carbocycles. The Bertz CT molecular complexity index is 833. The molecular weight excluding hydrogens is 338 g/mol. The van der Waals surface area contributed by atoms with Gasteiger partial charge in [-0.1, -0.05) is 59.2 Å². The van der Waals surface area contributed by atoms with Crippen LogP contribution in [0.2, 0.25) is 5.02 Å². The van der Waals surface area contributed by atoms with Gasteiger partial charge in [-0.2, -0.15) is 0 Å². The number of hydrogen-bond donors (Lipinski definition) is 2. The molecule has 1 heterocycles. The second-order valence-corrected chi connectivity index (χ2v) is 5.97. The van der Waals surface area contributed by atoms with Crippen molar-refractivity contribution in [2.45, 2.75) is 13.0 Å². The third-order valence-electron chi connectivity index (χ3n) is 3.63. The van der Waals surface area contributed by atoms with Gasteiger partial charge in [0.2, 0.25) is 0 Å². The van der Waals surface area contributed by atoms with E-state index in [9.17, 15) is 4.79 Å². The van der Waals surface area contributed by atoms with E-state index < -0.39 is 0 Å². The van der Waals surface area contributed by atoms with E-state index in [1.807, 2.05) is 54.6 Å². The predicted molar refractivity (Wildman–Crippen MR) is 97.3 cm³/mol. The lowest BCUT2D eigenvalue weighted by Crippen LogP contribution is -2.36. The van der Waals surface area contributed by atoms with Crippen molar-refractivity contribution in [3.8, 4) is 11.3 Å². The van der Waals surface area contributed by atoms with E-state index in [0.29, 0.717) is 24.5 Å². The first kappa shape index (κ1) is 17.0. The number of halogens is 1. The van der Waals surface area contributed by atoms with Gasteiger partial charge in [-0.05, 0) is 17.7 Å². The summed E-state index contributed by atoms with van der Waals surface area (Å²) in [6, 6.07) is 18.8. The third-order valence-corrected chi connectivity index (χ3v) is 3.86. The number of benzene rings is 2. The topological polar surface area (TPSA) is 67.2 Å². The number of carbonyl (C=O) groups is 1. The molecular formula is C19H18ClN3O2.